The van der Waals surface area contributed by atoms with E-state index >= 15 is 0 Å². The van der Waals surface area contributed by atoms with Crippen molar-refractivity contribution in [2.45, 2.75) is 18.3 Å². The highest BCUT2D eigenvalue weighted by Gasteiger charge is 2.70. The van der Waals surface area contributed by atoms with Gasteiger partial charge in [-0.15, -0.1) is 13.2 Å². The standard InChI is InChI=1S/C11H12O.C2H4.CH2O/c1-12-10-4-2-8(3-5-10)11-6-9(11)7-11;2*1-2/h2-5,9H,6-7H2,1H3;1-2H2;1H2. The molecular weight excluding hydrogens is 200 g/mol. The van der Waals surface area contributed by atoms with Crippen molar-refractivity contribution < 1.29 is 9.53 Å². The third-order valence-corrected chi connectivity index (χ3v) is 3.35. The van der Waals surface area contributed by atoms with Crippen LogP contribution >= 0.6 is 0 Å². The summed E-state index contributed by atoms with van der Waals surface area (Å²) in [6, 6.07) is 8.56. The predicted octanol–water partition coefficient (Wildman–Crippen LogP) is 2.97. The van der Waals surface area contributed by atoms with Gasteiger partial charge in [0.05, 0.1) is 7.11 Å². The fraction of sp³-hybridized carbons (Fsp3) is 0.357. The molecule has 3 rings (SSSR count). The van der Waals surface area contributed by atoms with Gasteiger partial charge in [0.2, 0.25) is 0 Å². The highest BCUT2D eigenvalue weighted by Crippen LogP contribution is 2.75. The quantitative estimate of drug-likeness (QED) is 0.713. The molecule has 2 fully saturated rings. The summed E-state index contributed by atoms with van der Waals surface area (Å²) < 4.78 is 5.12. The molecule has 0 bridgehead atoms. The molecule has 0 aliphatic heterocycles. The van der Waals surface area contributed by atoms with E-state index in [0.717, 1.165) is 11.7 Å². The Kier molecular flexibility index (Phi) is 3.88. The zero-order valence-corrected chi connectivity index (χ0v) is 9.74. The lowest BCUT2D eigenvalue weighted by molar-refractivity contribution is -0.0979. The summed E-state index contributed by atoms with van der Waals surface area (Å²) >= 11 is 0. The Morgan fingerprint density at radius 1 is 1.19 bits per heavy atom. The molecule has 0 atom stereocenters. The van der Waals surface area contributed by atoms with Crippen LogP contribution in [0.2, 0.25) is 0 Å². The molecule has 86 valence electrons. The summed E-state index contributed by atoms with van der Waals surface area (Å²) in [7, 11) is 1.71. The summed E-state index contributed by atoms with van der Waals surface area (Å²) in [5.41, 5.74) is 2.17. The fourth-order valence-corrected chi connectivity index (χ4v) is 2.10. The molecule has 2 nitrogen and oxygen atoms in total. The number of carbonyl (C=O) groups is 1. The maximum atomic E-state index is 8.00. The van der Waals surface area contributed by atoms with Crippen LogP contribution in [0.4, 0.5) is 0 Å². The summed E-state index contributed by atoms with van der Waals surface area (Å²) in [5, 5.41) is 0. The summed E-state index contributed by atoms with van der Waals surface area (Å²) in [6.07, 6.45) is 2.86. The Hall–Kier alpha value is -1.57. The van der Waals surface area contributed by atoms with Crippen LogP contribution in [0, 0.1) is 5.92 Å². The van der Waals surface area contributed by atoms with Gasteiger partial charge in [0.15, 0.2) is 0 Å². The number of carbonyl (C=O) groups excluding carboxylic acids is 1. The van der Waals surface area contributed by atoms with Crippen molar-refractivity contribution in [3.8, 4) is 5.75 Å². The SMILES string of the molecule is C=C.C=O.COc1ccc(C23CC2C3)cc1. The first-order valence-corrected chi connectivity index (χ1v) is 5.28. The minimum atomic E-state index is 0.645. The Morgan fingerprint density at radius 3 is 1.94 bits per heavy atom. The van der Waals surface area contributed by atoms with Crippen molar-refractivity contribution in [2.24, 2.45) is 5.92 Å². The summed E-state index contributed by atoms with van der Waals surface area (Å²) in [4.78, 5) is 8.00. The molecule has 0 radical (unpaired) electrons. The number of hydrogen-bond acceptors (Lipinski definition) is 2. The van der Waals surface area contributed by atoms with Gasteiger partial charge in [-0.25, -0.2) is 0 Å². The van der Waals surface area contributed by atoms with Gasteiger partial charge in [0.1, 0.15) is 12.5 Å². The van der Waals surface area contributed by atoms with E-state index in [2.05, 4.69) is 37.4 Å². The number of benzene rings is 1. The molecule has 2 saturated carbocycles. The molecular formula is C14H18O2. The van der Waals surface area contributed by atoms with Gasteiger partial charge in [-0.1, -0.05) is 12.1 Å². The highest BCUT2D eigenvalue weighted by molar-refractivity contribution is 5.45. The van der Waals surface area contributed by atoms with Gasteiger partial charge >= 0.3 is 0 Å². The first-order chi connectivity index (χ1) is 7.85. The van der Waals surface area contributed by atoms with Crippen LogP contribution in [0.1, 0.15) is 18.4 Å². The fourth-order valence-electron chi connectivity index (χ4n) is 2.10. The molecule has 0 amide bonds. The maximum absolute atomic E-state index is 8.00. The average molecular weight is 218 g/mol. The number of methoxy groups -OCH3 is 1. The molecule has 1 aromatic rings. The lowest BCUT2D eigenvalue weighted by Crippen LogP contribution is -1.92. The van der Waals surface area contributed by atoms with Crippen molar-refractivity contribution in [3.05, 3.63) is 43.0 Å². The van der Waals surface area contributed by atoms with Crippen molar-refractivity contribution in [2.75, 3.05) is 7.11 Å². The van der Waals surface area contributed by atoms with E-state index in [1.54, 1.807) is 7.11 Å². The molecule has 2 aliphatic carbocycles. The Morgan fingerprint density at radius 2 is 1.62 bits per heavy atom. The summed E-state index contributed by atoms with van der Waals surface area (Å²) in [6.45, 7) is 8.00. The van der Waals surface area contributed by atoms with Gasteiger partial charge in [-0.2, -0.15) is 0 Å². The lowest BCUT2D eigenvalue weighted by atomic mass is 10.0. The van der Waals surface area contributed by atoms with Gasteiger partial charge in [-0.05, 0) is 41.9 Å². The first kappa shape index (κ1) is 12.5. The molecule has 0 aromatic heterocycles. The normalized spacial score (nSPS) is 27.2. The second kappa shape index (κ2) is 4.97. The number of ether oxygens (including phenoxy) is 1. The largest absolute Gasteiger partial charge is 0.497 e. The van der Waals surface area contributed by atoms with E-state index in [9.17, 15) is 0 Å². The van der Waals surface area contributed by atoms with E-state index < -0.39 is 0 Å². The van der Waals surface area contributed by atoms with Gasteiger partial charge in [0.25, 0.3) is 0 Å². The summed E-state index contributed by atoms with van der Waals surface area (Å²) in [5.74, 6) is 2.00. The Balaban J connectivity index is 0.000000291. The van der Waals surface area contributed by atoms with Crippen molar-refractivity contribution >= 4 is 6.79 Å². The Bertz CT molecular complexity index is 334. The molecule has 0 unspecified atom stereocenters. The van der Waals surface area contributed by atoms with E-state index in [1.807, 2.05) is 6.79 Å². The zero-order valence-electron chi connectivity index (χ0n) is 9.74. The van der Waals surface area contributed by atoms with Gasteiger partial charge in [-0.3, -0.25) is 0 Å². The molecule has 2 aliphatic rings. The van der Waals surface area contributed by atoms with E-state index in [0.29, 0.717) is 5.41 Å². The van der Waals surface area contributed by atoms with Crippen molar-refractivity contribution in [1.82, 2.24) is 0 Å². The second-order valence-electron chi connectivity index (χ2n) is 3.99. The van der Waals surface area contributed by atoms with Crippen LogP contribution in [0.25, 0.3) is 0 Å². The molecule has 2 heteroatoms. The number of hydrogen-bond donors (Lipinski definition) is 0. The van der Waals surface area contributed by atoms with Crippen LogP contribution < -0.4 is 4.74 Å². The molecule has 1 aromatic carbocycles. The van der Waals surface area contributed by atoms with Gasteiger partial charge in [0, 0.05) is 0 Å². The average Bonchev–Trinajstić information content (AvgIpc) is 3.23. The van der Waals surface area contributed by atoms with Crippen molar-refractivity contribution in [3.63, 3.8) is 0 Å². The third-order valence-electron chi connectivity index (χ3n) is 3.35. The van der Waals surface area contributed by atoms with Crippen LogP contribution in [0.5, 0.6) is 5.75 Å². The van der Waals surface area contributed by atoms with E-state index in [-0.39, 0.29) is 0 Å². The van der Waals surface area contributed by atoms with E-state index in [1.165, 1.54) is 18.4 Å². The number of fused-ring (bicyclic) bond motifs is 1. The Labute approximate surface area is 96.9 Å². The monoisotopic (exact) mass is 218 g/mol. The molecule has 0 spiro atoms. The van der Waals surface area contributed by atoms with Crippen LogP contribution in [0.15, 0.2) is 37.4 Å². The topological polar surface area (TPSA) is 26.3 Å². The second-order valence-corrected chi connectivity index (χ2v) is 3.99. The van der Waals surface area contributed by atoms with Crippen LogP contribution in [-0.4, -0.2) is 13.9 Å². The minimum Gasteiger partial charge on any atom is -0.497 e. The lowest BCUT2D eigenvalue weighted by Gasteiger charge is -2.04. The van der Waals surface area contributed by atoms with Crippen LogP contribution in [-0.2, 0) is 10.2 Å². The molecule has 0 heterocycles. The maximum Gasteiger partial charge on any atom is 0.118 e. The van der Waals surface area contributed by atoms with E-state index in [4.69, 9.17) is 9.53 Å². The van der Waals surface area contributed by atoms with Gasteiger partial charge < -0.3 is 9.53 Å². The molecule has 0 saturated heterocycles. The van der Waals surface area contributed by atoms with Crippen LogP contribution in [0.3, 0.4) is 0 Å². The first-order valence-electron chi connectivity index (χ1n) is 5.28. The smallest absolute Gasteiger partial charge is 0.118 e. The zero-order chi connectivity index (χ0) is 12.2. The minimum absolute atomic E-state index is 0.645. The third kappa shape index (κ3) is 2.01. The van der Waals surface area contributed by atoms with Crippen molar-refractivity contribution in [1.29, 1.82) is 0 Å². The highest BCUT2D eigenvalue weighted by atomic mass is 16.5. The molecule has 16 heavy (non-hydrogen) atoms. The number of rotatable bonds is 2. The predicted molar refractivity (Wildman–Crippen MR) is 65.8 cm³/mol. The molecule has 0 N–H and O–H groups in total.